The molecule has 1 heterocycles. The number of carbonyl (C=O) groups is 3. The average molecular weight is 776 g/mol. The number of hydrogen-bond acceptors (Lipinski definition) is 7. The van der Waals surface area contributed by atoms with Gasteiger partial charge >= 0.3 is 0 Å². The molecule has 254 valence electrons. The minimum Gasteiger partial charge on any atom is -0.489 e. The molecule has 1 aromatic heterocycles. The maximum atomic E-state index is 13.6. The van der Waals surface area contributed by atoms with Crippen molar-refractivity contribution in [3.8, 4) is 17.0 Å². The van der Waals surface area contributed by atoms with Crippen molar-refractivity contribution in [2.24, 2.45) is 0 Å². The molecule has 0 spiro atoms. The number of aromatic nitrogens is 1. The SMILES string of the molecule is O=C(CSc1cccc(NC(=O)/C(=C/c2ccc(OCc3ccccc3)cc2)NC(=O)c2ccccc2)c1)Nc1nc(-c2ccc(Br)cc2)cs1. The van der Waals surface area contributed by atoms with Crippen molar-refractivity contribution in [1.29, 1.82) is 0 Å². The van der Waals surface area contributed by atoms with E-state index in [0.717, 1.165) is 26.2 Å². The number of anilines is 2. The highest BCUT2D eigenvalue weighted by Crippen LogP contribution is 2.27. The smallest absolute Gasteiger partial charge is 0.272 e. The molecule has 0 saturated carbocycles. The molecule has 0 bridgehead atoms. The van der Waals surface area contributed by atoms with E-state index < -0.39 is 11.8 Å². The van der Waals surface area contributed by atoms with Crippen molar-refractivity contribution in [2.45, 2.75) is 11.5 Å². The lowest BCUT2D eigenvalue weighted by molar-refractivity contribution is -0.114. The van der Waals surface area contributed by atoms with Gasteiger partial charge in [-0.25, -0.2) is 4.98 Å². The van der Waals surface area contributed by atoms with Crippen LogP contribution in [0.5, 0.6) is 5.75 Å². The summed E-state index contributed by atoms with van der Waals surface area (Å²) in [5.74, 6) is -0.298. The van der Waals surface area contributed by atoms with Gasteiger partial charge < -0.3 is 20.7 Å². The molecule has 0 aliphatic carbocycles. The summed E-state index contributed by atoms with van der Waals surface area (Å²) in [6, 6.07) is 40.8. The molecule has 0 radical (unpaired) electrons. The van der Waals surface area contributed by atoms with Gasteiger partial charge in [0.05, 0.1) is 11.4 Å². The number of carbonyl (C=O) groups excluding carboxylic acids is 3. The largest absolute Gasteiger partial charge is 0.489 e. The highest BCUT2D eigenvalue weighted by Gasteiger charge is 2.16. The van der Waals surface area contributed by atoms with Crippen LogP contribution in [0.15, 0.2) is 154 Å². The van der Waals surface area contributed by atoms with Crippen molar-refractivity contribution in [3.05, 3.63) is 166 Å². The van der Waals surface area contributed by atoms with Gasteiger partial charge in [0.1, 0.15) is 18.1 Å². The van der Waals surface area contributed by atoms with Crippen LogP contribution in [0.25, 0.3) is 17.3 Å². The van der Waals surface area contributed by atoms with Crippen molar-refractivity contribution >= 4 is 73.6 Å². The Kier molecular flexibility index (Phi) is 12.1. The van der Waals surface area contributed by atoms with Gasteiger partial charge in [0.15, 0.2) is 5.13 Å². The molecule has 0 unspecified atom stereocenters. The Morgan fingerprint density at radius 1 is 0.804 bits per heavy atom. The van der Waals surface area contributed by atoms with Crippen LogP contribution in [0, 0.1) is 0 Å². The average Bonchev–Trinajstić information content (AvgIpc) is 3.63. The summed E-state index contributed by atoms with van der Waals surface area (Å²) in [4.78, 5) is 44.8. The predicted molar refractivity (Wildman–Crippen MR) is 209 cm³/mol. The first-order valence-corrected chi connectivity index (χ1v) is 18.4. The first-order valence-electron chi connectivity index (χ1n) is 15.8. The minimum atomic E-state index is -0.506. The number of ether oxygens (including phenoxy) is 1. The van der Waals surface area contributed by atoms with E-state index in [1.165, 1.54) is 23.1 Å². The topological polar surface area (TPSA) is 109 Å². The summed E-state index contributed by atoms with van der Waals surface area (Å²) >= 11 is 6.13. The zero-order chi connectivity index (χ0) is 35.4. The Morgan fingerprint density at radius 3 is 2.27 bits per heavy atom. The lowest BCUT2D eigenvalue weighted by atomic mass is 10.1. The van der Waals surface area contributed by atoms with Crippen LogP contribution in [0.3, 0.4) is 0 Å². The number of nitrogens with zero attached hydrogens (tertiary/aromatic N) is 1. The van der Waals surface area contributed by atoms with E-state index in [9.17, 15) is 14.4 Å². The molecule has 5 aromatic carbocycles. The third-order valence-corrected chi connectivity index (χ3v) is 9.60. The van der Waals surface area contributed by atoms with Crippen LogP contribution in [0.2, 0.25) is 0 Å². The number of amides is 3. The van der Waals surface area contributed by atoms with Gasteiger partial charge in [-0.05, 0) is 71.8 Å². The lowest BCUT2D eigenvalue weighted by Crippen LogP contribution is -2.30. The minimum absolute atomic E-state index is 0.0604. The van der Waals surface area contributed by atoms with Gasteiger partial charge in [-0.1, -0.05) is 94.8 Å². The molecule has 0 aliphatic heterocycles. The zero-order valence-corrected chi connectivity index (χ0v) is 30.3. The monoisotopic (exact) mass is 774 g/mol. The Labute approximate surface area is 312 Å². The van der Waals surface area contributed by atoms with Crippen LogP contribution in [0.1, 0.15) is 21.5 Å². The number of thiazole rings is 1. The second kappa shape index (κ2) is 17.4. The van der Waals surface area contributed by atoms with Crippen molar-refractivity contribution in [1.82, 2.24) is 10.3 Å². The van der Waals surface area contributed by atoms with Crippen LogP contribution in [-0.4, -0.2) is 28.5 Å². The van der Waals surface area contributed by atoms with E-state index in [-0.39, 0.29) is 17.4 Å². The first kappa shape index (κ1) is 35.3. The molecule has 6 aromatic rings. The van der Waals surface area contributed by atoms with Crippen molar-refractivity contribution in [3.63, 3.8) is 0 Å². The molecule has 0 fully saturated rings. The van der Waals surface area contributed by atoms with Gasteiger partial charge in [-0.15, -0.1) is 23.1 Å². The zero-order valence-electron chi connectivity index (χ0n) is 27.0. The Morgan fingerprint density at radius 2 is 1.53 bits per heavy atom. The van der Waals surface area contributed by atoms with Gasteiger partial charge in [-0.3, -0.25) is 14.4 Å². The summed E-state index contributed by atoms with van der Waals surface area (Å²) in [5.41, 5.74) is 4.48. The fourth-order valence-corrected chi connectivity index (χ4v) is 6.52. The molecule has 0 atom stereocenters. The second-order valence-electron chi connectivity index (χ2n) is 11.1. The third-order valence-electron chi connectivity index (χ3n) is 7.32. The number of halogens is 1. The number of thioether (sulfide) groups is 1. The summed E-state index contributed by atoms with van der Waals surface area (Å²) in [5, 5.41) is 10.9. The van der Waals surface area contributed by atoms with Gasteiger partial charge in [0.25, 0.3) is 11.8 Å². The number of benzene rings is 5. The van der Waals surface area contributed by atoms with Gasteiger partial charge in [-0.2, -0.15) is 0 Å². The Hall–Kier alpha value is -5.49. The van der Waals surface area contributed by atoms with Crippen LogP contribution >= 0.6 is 39.0 Å². The third kappa shape index (κ3) is 10.5. The molecular weight excluding hydrogens is 745 g/mol. The fraction of sp³-hybridized carbons (Fsp3) is 0.0500. The number of nitrogens with one attached hydrogen (secondary N) is 3. The highest BCUT2D eigenvalue weighted by molar-refractivity contribution is 9.10. The molecule has 3 N–H and O–H groups in total. The van der Waals surface area contributed by atoms with E-state index in [4.69, 9.17) is 4.74 Å². The molecule has 3 amide bonds. The second-order valence-corrected chi connectivity index (χ2v) is 13.9. The molecule has 6 rings (SSSR count). The van der Waals surface area contributed by atoms with E-state index in [0.29, 0.717) is 34.3 Å². The van der Waals surface area contributed by atoms with E-state index in [1.54, 1.807) is 48.5 Å². The Bertz CT molecular complexity index is 2140. The maximum Gasteiger partial charge on any atom is 0.272 e. The normalized spacial score (nSPS) is 11.0. The highest BCUT2D eigenvalue weighted by atomic mass is 79.9. The quantitative estimate of drug-likeness (QED) is 0.0798. The molecule has 51 heavy (non-hydrogen) atoms. The van der Waals surface area contributed by atoms with Crippen molar-refractivity contribution < 1.29 is 19.1 Å². The summed E-state index contributed by atoms with van der Waals surface area (Å²) in [7, 11) is 0. The number of hydrogen-bond donors (Lipinski definition) is 3. The molecule has 8 nitrogen and oxygen atoms in total. The Balaban J connectivity index is 1.09. The standard InChI is InChI=1S/C40H31BrN4O4S2/c41-31-18-16-29(17-19-31)36-25-51-40(44-36)45-37(46)26-50-34-13-7-12-32(23-34)42-39(48)35(43-38(47)30-10-5-2-6-11-30)22-27-14-20-33(21-15-27)49-24-28-8-3-1-4-9-28/h1-23,25H,24,26H2,(H,42,48)(H,43,47)(H,44,45,46)/b35-22-. The maximum absolute atomic E-state index is 13.6. The molecule has 11 heteroatoms. The van der Waals surface area contributed by atoms with Gasteiger partial charge in [0, 0.05) is 31.6 Å². The fourth-order valence-electron chi connectivity index (χ4n) is 4.76. The molecular formula is C40H31BrN4O4S2. The van der Waals surface area contributed by atoms with E-state index >= 15 is 0 Å². The molecule has 0 aliphatic rings. The number of rotatable bonds is 13. The first-order chi connectivity index (χ1) is 24.9. The summed E-state index contributed by atoms with van der Waals surface area (Å²) < 4.78 is 6.88. The molecule has 0 saturated heterocycles. The van der Waals surface area contributed by atoms with Crippen LogP contribution < -0.4 is 20.7 Å². The van der Waals surface area contributed by atoms with E-state index in [2.05, 4.69) is 36.9 Å². The van der Waals surface area contributed by atoms with Crippen LogP contribution in [0.4, 0.5) is 10.8 Å². The van der Waals surface area contributed by atoms with E-state index in [1.807, 2.05) is 96.4 Å². The van der Waals surface area contributed by atoms with Crippen LogP contribution in [-0.2, 0) is 16.2 Å². The summed E-state index contributed by atoms with van der Waals surface area (Å²) in [6.07, 6.45) is 1.61. The summed E-state index contributed by atoms with van der Waals surface area (Å²) in [6.45, 7) is 0.429. The lowest BCUT2D eigenvalue weighted by Gasteiger charge is -2.12. The predicted octanol–water partition coefficient (Wildman–Crippen LogP) is 9.29. The van der Waals surface area contributed by atoms with Crippen molar-refractivity contribution in [2.75, 3.05) is 16.4 Å². The van der Waals surface area contributed by atoms with Gasteiger partial charge in [0.2, 0.25) is 5.91 Å².